The van der Waals surface area contributed by atoms with E-state index in [1.807, 2.05) is 0 Å². The van der Waals surface area contributed by atoms with Gasteiger partial charge in [-0.15, -0.1) is 11.1 Å². The predicted octanol–water partition coefficient (Wildman–Crippen LogP) is 0.489. The van der Waals surface area contributed by atoms with Crippen LogP contribution in [0.5, 0.6) is 0 Å². The summed E-state index contributed by atoms with van der Waals surface area (Å²) in [7, 11) is 0. The topological polar surface area (TPSA) is 0 Å². The summed E-state index contributed by atoms with van der Waals surface area (Å²) >= 11 is 1.74. The number of hydrogen-bond donors (Lipinski definition) is 0. The van der Waals surface area contributed by atoms with E-state index in [2.05, 4.69) is 95.4 Å². The van der Waals surface area contributed by atoms with E-state index in [4.69, 9.17) is 0 Å². The molecule has 148 valence electrons. The van der Waals surface area contributed by atoms with Gasteiger partial charge in [-0.25, -0.2) is 0 Å². The second-order valence-corrected chi connectivity index (χ2v) is 16.6. The van der Waals surface area contributed by atoms with Crippen LogP contribution < -0.4 is 24.8 Å². The van der Waals surface area contributed by atoms with Gasteiger partial charge >= 0.3 is 41.9 Å². The van der Waals surface area contributed by atoms with Gasteiger partial charge < -0.3 is 24.8 Å². The number of halogens is 2. The van der Waals surface area contributed by atoms with E-state index in [9.17, 15) is 0 Å². The zero-order valence-corrected chi connectivity index (χ0v) is 22.6. The zero-order chi connectivity index (χ0) is 19.3. The van der Waals surface area contributed by atoms with E-state index in [1.54, 1.807) is 23.3 Å². The molecule has 0 amide bonds. The molecule has 0 spiro atoms. The first-order valence-corrected chi connectivity index (χ1v) is 15.3. The molecule has 0 N–H and O–H groups in total. The van der Waals surface area contributed by atoms with Crippen molar-refractivity contribution >= 4 is 5.43 Å². The molecule has 28 heavy (non-hydrogen) atoms. The number of benzene rings is 2. The zero-order valence-electron chi connectivity index (χ0n) is 17.6. The number of fused-ring (bicyclic) bond motifs is 3. The maximum absolute atomic E-state index is 3.45. The van der Waals surface area contributed by atoms with Gasteiger partial charge in [0.15, 0.2) is 0 Å². The van der Waals surface area contributed by atoms with Crippen LogP contribution in [0.25, 0.3) is 11.1 Å². The third kappa shape index (κ3) is 8.07. The largest absolute Gasteiger partial charge is 1.00 e. The summed E-state index contributed by atoms with van der Waals surface area (Å²) in [5.41, 5.74) is 11.1. The van der Waals surface area contributed by atoms with Crippen LogP contribution in [0.3, 0.4) is 0 Å². The van der Waals surface area contributed by atoms with Crippen LogP contribution in [0.15, 0.2) is 48.5 Å². The van der Waals surface area contributed by atoms with Gasteiger partial charge in [0.25, 0.3) is 0 Å². The summed E-state index contributed by atoms with van der Waals surface area (Å²) in [6.45, 7) is 13.1. The van der Waals surface area contributed by atoms with Gasteiger partial charge in [0, 0.05) is 0 Å². The van der Waals surface area contributed by atoms with Crippen molar-refractivity contribution in [2.45, 2.75) is 47.2 Å². The molecule has 0 radical (unpaired) electrons. The molecule has 0 heterocycles. The summed E-state index contributed by atoms with van der Waals surface area (Å²) in [5, 5.41) is 0. The first-order valence-electron chi connectivity index (χ1n) is 9.10. The predicted molar refractivity (Wildman–Crippen MR) is 112 cm³/mol. The number of aryl methyl sites for hydroxylation is 4. The fourth-order valence-corrected chi connectivity index (χ4v) is 2.97. The Morgan fingerprint density at radius 3 is 1.93 bits per heavy atom. The summed E-state index contributed by atoms with van der Waals surface area (Å²) in [5.74, 6) is 0. The first kappa shape index (κ1) is 27.5. The summed E-state index contributed by atoms with van der Waals surface area (Å²) in [6.07, 6.45) is 1.05. The second kappa shape index (κ2) is 12.9. The quantitative estimate of drug-likeness (QED) is 0.241. The first-order chi connectivity index (χ1) is 12.3. The Balaban J connectivity index is 0.000000477. The average molecular weight is 507 g/mol. The van der Waals surface area contributed by atoms with Crippen molar-refractivity contribution in [1.82, 2.24) is 0 Å². The van der Waals surface area contributed by atoms with Crippen LogP contribution in [0.2, 0.25) is 13.1 Å². The normalized spacial score (nSPS) is 10.0. The molecular formula is C24H28Cl2SiZr-2. The standard InChI is InChI=1S/C15H13.C7H9.C2H6Si.2ClH.Zr/c1-10-3-5-14-12(7-10)9-13-8-11(2)4-6-15(13)14;1-6-4-3-5-7(6)2;1-3-2;;;/h3-7H,9H2,1-2H3;3-5H,1-2H3;1-2H3;2*1H;/q2*-1;;;;+2/p-2. The minimum absolute atomic E-state index is 0. The molecule has 0 nitrogen and oxygen atoms in total. The fourth-order valence-electron chi connectivity index (χ4n) is 2.97. The van der Waals surface area contributed by atoms with Gasteiger partial charge in [-0.05, 0) is 18.9 Å². The molecule has 0 fully saturated rings. The molecular weight excluding hydrogens is 478 g/mol. The summed E-state index contributed by atoms with van der Waals surface area (Å²) < 4.78 is 0. The van der Waals surface area contributed by atoms with Crippen molar-refractivity contribution in [3.05, 3.63) is 88.0 Å². The van der Waals surface area contributed by atoms with E-state index >= 15 is 0 Å². The van der Waals surface area contributed by atoms with Crippen molar-refractivity contribution < 1.29 is 48.1 Å². The Hall–Kier alpha value is -0.530. The van der Waals surface area contributed by atoms with Gasteiger partial charge in [0.05, 0.1) is 0 Å². The van der Waals surface area contributed by atoms with Gasteiger partial charge in [-0.2, -0.15) is 53.1 Å². The van der Waals surface area contributed by atoms with Crippen molar-refractivity contribution in [3.63, 3.8) is 0 Å². The molecule has 3 aromatic rings. The van der Waals surface area contributed by atoms with Crippen LogP contribution in [-0.4, -0.2) is 5.43 Å². The Kier molecular flexibility index (Phi) is 12.7. The van der Waals surface area contributed by atoms with Crippen molar-refractivity contribution in [3.8, 4) is 11.1 Å². The van der Waals surface area contributed by atoms with E-state index < -0.39 is 0 Å². The molecule has 0 saturated carbocycles. The fraction of sp³-hybridized carbons (Fsp3) is 0.292. The monoisotopic (exact) mass is 504 g/mol. The third-order valence-corrected chi connectivity index (χ3v) is 4.41. The molecule has 0 aliphatic heterocycles. The smallest absolute Gasteiger partial charge is 0.0253 e. The van der Waals surface area contributed by atoms with Gasteiger partial charge in [-0.1, -0.05) is 50.1 Å². The summed E-state index contributed by atoms with van der Waals surface area (Å²) in [6, 6.07) is 20.9. The number of hydrogen-bond acceptors (Lipinski definition) is 0. The Labute approximate surface area is 198 Å². The Bertz CT molecular complexity index is 843. The molecule has 4 heteroatoms. The molecule has 4 rings (SSSR count). The summed E-state index contributed by atoms with van der Waals surface area (Å²) in [4.78, 5) is 0. The SMILES string of the molecule is C[Si](C)=[Zr+2].Cc1[c-]c2c(cc1)-c1ccc(C)cc1C2.Cc1c[cH-]cc1C.[Cl-].[Cl-]. The van der Waals surface area contributed by atoms with E-state index in [-0.39, 0.29) is 30.2 Å². The molecule has 3 aromatic carbocycles. The van der Waals surface area contributed by atoms with Crippen molar-refractivity contribution in [2.24, 2.45) is 0 Å². The Morgan fingerprint density at radius 2 is 1.43 bits per heavy atom. The van der Waals surface area contributed by atoms with E-state index in [0.29, 0.717) is 0 Å². The van der Waals surface area contributed by atoms with Crippen LogP contribution in [-0.2, 0) is 29.8 Å². The minimum atomic E-state index is 0. The molecule has 0 bridgehead atoms. The minimum Gasteiger partial charge on any atom is -1.00 e. The maximum Gasteiger partial charge on any atom is -0.0253 e. The molecule has 1 aliphatic carbocycles. The molecule has 0 aromatic heterocycles. The van der Waals surface area contributed by atoms with Crippen molar-refractivity contribution in [2.75, 3.05) is 0 Å². The molecule has 0 atom stereocenters. The van der Waals surface area contributed by atoms with Crippen molar-refractivity contribution in [1.29, 1.82) is 0 Å². The molecule has 0 saturated heterocycles. The van der Waals surface area contributed by atoms with Gasteiger partial charge in [-0.3, -0.25) is 0 Å². The average Bonchev–Trinajstić information content (AvgIpc) is 3.09. The maximum atomic E-state index is 3.45. The molecule has 1 aliphatic rings. The van der Waals surface area contributed by atoms with E-state index in [1.165, 1.54) is 44.5 Å². The van der Waals surface area contributed by atoms with Crippen LogP contribution in [0, 0.1) is 33.8 Å². The second-order valence-electron chi connectivity index (χ2n) is 7.26. The van der Waals surface area contributed by atoms with Gasteiger partial charge in [0.1, 0.15) is 0 Å². The molecule has 0 unspecified atom stereocenters. The van der Waals surface area contributed by atoms with Crippen LogP contribution in [0.4, 0.5) is 0 Å². The van der Waals surface area contributed by atoms with Crippen LogP contribution in [0.1, 0.15) is 33.4 Å². The van der Waals surface area contributed by atoms with Gasteiger partial charge in [0.2, 0.25) is 0 Å². The third-order valence-electron chi connectivity index (χ3n) is 4.41. The Morgan fingerprint density at radius 1 is 0.893 bits per heavy atom. The number of rotatable bonds is 0. The van der Waals surface area contributed by atoms with E-state index in [0.717, 1.165) is 6.42 Å². The van der Waals surface area contributed by atoms with Crippen LogP contribution >= 0.6 is 0 Å².